The molecule has 1 aromatic carbocycles. The van der Waals surface area contributed by atoms with Gasteiger partial charge >= 0.3 is 0 Å². The first-order chi connectivity index (χ1) is 8.52. The molecule has 1 aromatic rings. The molecule has 1 saturated heterocycles. The molecule has 1 aliphatic heterocycles. The summed E-state index contributed by atoms with van der Waals surface area (Å²) in [4.78, 5) is 4.94. The van der Waals surface area contributed by atoms with E-state index in [1.165, 1.54) is 22.5 Å². The second kappa shape index (κ2) is 5.19. The molecule has 0 unspecified atom stereocenters. The molecule has 3 heteroatoms. The molecule has 100 valence electrons. The van der Waals surface area contributed by atoms with Crippen LogP contribution in [0.2, 0.25) is 0 Å². The largest absolute Gasteiger partial charge is 0.388 e. The lowest BCUT2D eigenvalue weighted by Gasteiger charge is -2.40. The van der Waals surface area contributed by atoms with Gasteiger partial charge in [-0.3, -0.25) is 0 Å². The van der Waals surface area contributed by atoms with Gasteiger partial charge in [0, 0.05) is 44.1 Å². The number of benzene rings is 1. The van der Waals surface area contributed by atoms with Gasteiger partial charge < -0.3 is 15.1 Å². The van der Waals surface area contributed by atoms with E-state index in [9.17, 15) is 0 Å². The highest BCUT2D eigenvalue weighted by molar-refractivity contribution is 5.66. The Kier molecular flexibility index (Phi) is 3.81. The van der Waals surface area contributed by atoms with Crippen LogP contribution in [0.4, 0.5) is 11.4 Å². The molecular weight excluding hydrogens is 222 g/mol. The molecule has 0 saturated carbocycles. The molecule has 0 bridgehead atoms. The summed E-state index contributed by atoms with van der Waals surface area (Å²) in [5.74, 6) is 0. The van der Waals surface area contributed by atoms with E-state index in [1.807, 2.05) is 7.05 Å². The number of aryl methyl sites for hydroxylation is 2. The topological polar surface area (TPSA) is 18.5 Å². The zero-order chi connectivity index (χ0) is 13.3. The third kappa shape index (κ3) is 2.46. The van der Waals surface area contributed by atoms with Crippen LogP contribution in [-0.2, 0) is 0 Å². The van der Waals surface area contributed by atoms with Crippen molar-refractivity contribution in [3.63, 3.8) is 0 Å². The minimum absolute atomic E-state index is 0.579. The van der Waals surface area contributed by atoms with Gasteiger partial charge in [-0.2, -0.15) is 0 Å². The van der Waals surface area contributed by atoms with Gasteiger partial charge in [-0.25, -0.2) is 0 Å². The highest BCUT2D eigenvalue weighted by atomic mass is 15.3. The summed E-state index contributed by atoms with van der Waals surface area (Å²) >= 11 is 0. The predicted molar refractivity (Wildman–Crippen MR) is 79.8 cm³/mol. The van der Waals surface area contributed by atoms with Crippen LogP contribution in [0.3, 0.4) is 0 Å². The Morgan fingerprint density at radius 3 is 2.50 bits per heavy atom. The van der Waals surface area contributed by atoms with Crippen LogP contribution in [0, 0.1) is 13.8 Å². The van der Waals surface area contributed by atoms with Crippen LogP contribution in [-0.4, -0.2) is 44.7 Å². The monoisotopic (exact) mass is 247 g/mol. The fraction of sp³-hybridized carbons (Fsp3) is 0.600. The second-order valence-corrected chi connectivity index (χ2v) is 5.51. The van der Waals surface area contributed by atoms with Crippen molar-refractivity contribution in [3.8, 4) is 0 Å². The number of hydrogen-bond acceptors (Lipinski definition) is 3. The van der Waals surface area contributed by atoms with Gasteiger partial charge in [0.05, 0.1) is 0 Å². The first kappa shape index (κ1) is 13.2. The van der Waals surface area contributed by atoms with Gasteiger partial charge in [0.15, 0.2) is 0 Å². The standard InChI is InChI=1S/C15H25N3/c1-11-8-12(2)15(9-14(11)16-4)18-7-6-17(5)10-13(18)3/h8-9,13,16H,6-7,10H2,1-5H3/t13-/m1/s1. The van der Waals surface area contributed by atoms with Crippen molar-refractivity contribution in [2.75, 3.05) is 43.9 Å². The fourth-order valence-electron chi connectivity index (χ4n) is 2.92. The van der Waals surface area contributed by atoms with Gasteiger partial charge in [-0.05, 0) is 45.0 Å². The fourth-order valence-corrected chi connectivity index (χ4v) is 2.92. The lowest BCUT2D eigenvalue weighted by atomic mass is 10.0. The molecule has 2 rings (SSSR count). The molecule has 1 atom stereocenters. The molecule has 1 heterocycles. The van der Waals surface area contributed by atoms with Crippen molar-refractivity contribution in [1.82, 2.24) is 4.90 Å². The molecule has 3 nitrogen and oxygen atoms in total. The molecule has 0 spiro atoms. The number of rotatable bonds is 2. The Labute approximate surface area is 111 Å². The van der Waals surface area contributed by atoms with Gasteiger partial charge in [-0.15, -0.1) is 0 Å². The number of likely N-dealkylation sites (N-methyl/N-ethyl adjacent to an activating group) is 1. The number of anilines is 2. The van der Waals surface area contributed by atoms with E-state index in [1.54, 1.807) is 0 Å². The maximum absolute atomic E-state index is 3.29. The lowest BCUT2D eigenvalue weighted by molar-refractivity contribution is 0.275. The van der Waals surface area contributed by atoms with Crippen LogP contribution in [0.15, 0.2) is 12.1 Å². The molecule has 0 radical (unpaired) electrons. The minimum atomic E-state index is 0.579. The van der Waals surface area contributed by atoms with E-state index in [2.05, 4.69) is 55.1 Å². The van der Waals surface area contributed by atoms with E-state index < -0.39 is 0 Å². The Morgan fingerprint density at radius 2 is 1.89 bits per heavy atom. The Morgan fingerprint density at radius 1 is 1.17 bits per heavy atom. The Bertz CT molecular complexity index is 428. The smallest absolute Gasteiger partial charge is 0.0420 e. The van der Waals surface area contributed by atoms with E-state index in [-0.39, 0.29) is 0 Å². The molecule has 1 aliphatic rings. The molecule has 1 N–H and O–H groups in total. The normalized spacial score (nSPS) is 21.2. The molecule has 0 aliphatic carbocycles. The number of hydrogen-bond donors (Lipinski definition) is 1. The molecule has 0 aromatic heterocycles. The highest BCUT2D eigenvalue weighted by Gasteiger charge is 2.23. The van der Waals surface area contributed by atoms with Crippen LogP contribution >= 0.6 is 0 Å². The third-order valence-electron chi connectivity index (χ3n) is 3.95. The first-order valence-electron chi connectivity index (χ1n) is 6.77. The van der Waals surface area contributed by atoms with Crippen LogP contribution < -0.4 is 10.2 Å². The van der Waals surface area contributed by atoms with Gasteiger partial charge in [0.1, 0.15) is 0 Å². The summed E-state index contributed by atoms with van der Waals surface area (Å²) in [7, 11) is 4.20. The van der Waals surface area contributed by atoms with Gasteiger partial charge in [0.2, 0.25) is 0 Å². The van der Waals surface area contributed by atoms with Crippen LogP contribution in [0.5, 0.6) is 0 Å². The van der Waals surface area contributed by atoms with Crippen molar-refractivity contribution in [2.24, 2.45) is 0 Å². The summed E-state index contributed by atoms with van der Waals surface area (Å²) in [5.41, 5.74) is 5.32. The van der Waals surface area contributed by atoms with Crippen molar-refractivity contribution in [1.29, 1.82) is 0 Å². The number of nitrogens with zero attached hydrogens (tertiary/aromatic N) is 2. The molecule has 0 amide bonds. The summed E-state index contributed by atoms with van der Waals surface area (Å²) in [5, 5.41) is 3.29. The van der Waals surface area contributed by atoms with E-state index in [0.29, 0.717) is 6.04 Å². The van der Waals surface area contributed by atoms with Gasteiger partial charge in [0.25, 0.3) is 0 Å². The van der Waals surface area contributed by atoms with Crippen molar-refractivity contribution < 1.29 is 0 Å². The molecule has 1 fully saturated rings. The second-order valence-electron chi connectivity index (χ2n) is 5.51. The molecular formula is C15H25N3. The minimum Gasteiger partial charge on any atom is -0.388 e. The first-order valence-corrected chi connectivity index (χ1v) is 6.77. The average Bonchev–Trinajstić information content (AvgIpc) is 2.30. The Balaban J connectivity index is 2.32. The summed E-state index contributed by atoms with van der Waals surface area (Å²) < 4.78 is 0. The predicted octanol–water partition coefficient (Wildman–Crippen LogP) is 2.49. The van der Waals surface area contributed by atoms with E-state index in [0.717, 1.165) is 19.6 Å². The summed E-state index contributed by atoms with van der Waals surface area (Å²) in [6.45, 7) is 10.1. The SMILES string of the molecule is CNc1cc(N2CCN(C)C[C@H]2C)c(C)cc1C. The van der Waals surface area contributed by atoms with Crippen molar-refractivity contribution in [3.05, 3.63) is 23.3 Å². The zero-order valence-electron chi connectivity index (χ0n) is 12.2. The zero-order valence-corrected chi connectivity index (χ0v) is 12.2. The Hall–Kier alpha value is -1.22. The summed E-state index contributed by atoms with van der Waals surface area (Å²) in [6.07, 6.45) is 0. The maximum atomic E-state index is 3.29. The van der Waals surface area contributed by atoms with Gasteiger partial charge in [-0.1, -0.05) is 6.07 Å². The third-order valence-corrected chi connectivity index (χ3v) is 3.95. The quantitative estimate of drug-likeness (QED) is 0.866. The average molecular weight is 247 g/mol. The number of nitrogens with one attached hydrogen (secondary N) is 1. The van der Waals surface area contributed by atoms with E-state index in [4.69, 9.17) is 0 Å². The van der Waals surface area contributed by atoms with Crippen molar-refractivity contribution in [2.45, 2.75) is 26.8 Å². The summed E-state index contributed by atoms with van der Waals surface area (Å²) in [6, 6.07) is 5.16. The number of piperazine rings is 1. The highest BCUT2D eigenvalue weighted by Crippen LogP contribution is 2.29. The van der Waals surface area contributed by atoms with Crippen molar-refractivity contribution >= 4 is 11.4 Å². The van der Waals surface area contributed by atoms with Crippen LogP contribution in [0.25, 0.3) is 0 Å². The lowest BCUT2D eigenvalue weighted by Crippen LogP contribution is -2.50. The molecule has 18 heavy (non-hydrogen) atoms. The van der Waals surface area contributed by atoms with Crippen LogP contribution in [0.1, 0.15) is 18.1 Å². The maximum Gasteiger partial charge on any atom is 0.0420 e. The van der Waals surface area contributed by atoms with E-state index >= 15 is 0 Å².